The Morgan fingerprint density at radius 3 is 2.67 bits per heavy atom. The van der Waals surface area contributed by atoms with Crippen molar-refractivity contribution in [2.45, 2.75) is 58.3 Å². The van der Waals surface area contributed by atoms with Crippen molar-refractivity contribution in [1.82, 2.24) is 4.31 Å². The zero-order valence-corrected chi connectivity index (χ0v) is 14.2. The number of sulfonamides is 1. The fraction of sp³-hybridized carbons (Fsp3) is 0.938. The molecule has 1 aliphatic carbocycles. The van der Waals surface area contributed by atoms with Gasteiger partial charge in [-0.25, -0.2) is 12.7 Å². The van der Waals surface area contributed by atoms with Crippen LogP contribution in [0.15, 0.2) is 0 Å². The average molecular weight is 315 g/mol. The van der Waals surface area contributed by atoms with E-state index in [2.05, 4.69) is 6.92 Å². The van der Waals surface area contributed by atoms with Gasteiger partial charge in [0.1, 0.15) is 5.78 Å². The molecule has 3 atom stereocenters. The lowest BCUT2D eigenvalue weighted by atomic mass is 9.74. The van der Waals surface area contributed by atoms with Crippen LogP contribution in [0, 0.1) is 17.8 Å². The van der Waals surface area contributed by atoms with Crippen LogP contribution >= 0.6 is 0 Å². The number of ketones is 1. The summed E-state index contributed by atoms with van der Waals surface area (Å²) in [5, 5.41) is 0. The molecule has 0 aromatic carbocycles. The maximum Gasteiger partial charge on any atom is 0.211 e. The molecule has 4 nitrogen and oxygen atoms in total. The molecule has 0 aromatic rings. The Hall–Kier alpha value is -0.420. The minimum Gasteiger partial charge on any atom is -0.299 e. The lowest BCUT2D eigenvalue weighted by Crippen LogP contribution is -2.40. The molecule has 0 spiro atoms. The van der Waals surface area contributed by atoms with Crippen LogP contribution in [-0.4, -0.2) is 37.9 Å². The first-order chi connectivity index (χ1) is 9.90. The maximum absolute atomic E-state index is 12.2. The number of rotatable bonds is 5. The predicted octanol–water partition coefficient (Wildman–Crippen LogP) is 2.83. The van der Waals surface area contributed by atoms with Crippen LogP contribution in [0.2, 0.25) is 0 Å². The second-order valence-corrected chi connectivity index (χ2v) is 8.94. The monoisotopic (exact) mass is 315 g/mol. The highest BCUT2D eigenvalue weighted by Crippen LogP contribution is 2.35. The summed E-state index contributed by atoms with van der Waals surface area (Å²) in [6.07, 6.45) is 9.42. The van der Waals surface area contributed by atoms with Gasteiger partial charge in [0.15, 0.2) is 0 Å². The second kappa shape index (κ2) is 7.23. The minimum atomic E-state index is -3.08. The van der Waals surface area contributed by atoms with Gasteiger partial charge in [-0.15, -0.1) is 0 Å². The Balaban J connectivity index is 1.91. The van der Waals surface area contributed by atoms with Crippen LogP contribution in [0.3, 0.4) is 0 Å². The number of piperidine rings is 1. The van der Waals surface area contributed by atoms with Crippen molar-refractivity contribution >= 4 is 15.8 Å². The van der Waals surface area contributed by atoms with Gasteiger partial charge in [-0.1, -0.05) is 19.8 Å². The van der Waals surface area contributed by atoms with E-state index in [1.807, 2.05) is 0 Å². The van der Waals surface area contributed by atoms with Crippen molar-refractivity contribution in [3.05, 3.63) is 0 Å². The summed E-state index contributed by atoms with van der Waals surface area (Å²) in [4.78, 5) is 12.2. The first kappa shape index (κ1) is 16.9. The van der Waals surface area contributed by atoms with E-state index < -0.39 is 10.0 Å². The van der Waals surface area contributed by atoms with Crippen molar-refractivity contribution in [3.8, 4) is 0 Å². The van der Waals surface area contributed by atoms with Crippen molar-refractivity contribution in [2.75, 3.05) is 19.3 Å². The molecule has 2 rings (SSSR count). The van der Waals surface area contributed by atoms with Gasteiger partial charge in [-0.2, -0.15) is 0 Å². The summed E-state index contributed by atoms with van der Waals surface area (Å²) in [7, 11) is -3.08. The second-order valence-electron chi connectivity index (χ2n) is 6.96. The first-order valence-electron chi connectivity index (χ1n) is 8.38. The van der Waals surface area contributed by atoms with E-state index in [4.69, 9.17) is 0 Å². The van der Waals surface area contributed by atoms with E-state index >= 15 is 0 Å². The molecule has 122 valence electrons. The molecular formula is C16H29NO3S. The Morgan fingerprint density at radius 1 is 1.24 bits per heavy atom. The fourth-order valence-electron chi connectivity index (χ4n) is 4.02. The van der Waals surface area contributed by atoms with Gasteiger partial charge in [0.2, 0.25) is 10.0 Å². The Morgan fingerprint density at radius 2 is 2.00 bits per heavy atom. The molecule has 0 aromatic heterocycles. The maximum atomic E-state index is 12.2. The molecule has 0 N–H and O–H groups in total. The smallest absolute Gasteiger partial charge is 0.211 e. The summed E-state index contributed by atoms with van der Waals surface area (Å²) < 4.78 is 25.0. The highest BCUT2D eigenvalue weighted by molar-refractivity contribution is 7.88. The average Bonchev–Trinajstić information content (AvgIpc) is 2.42. The van der Waals surface area contributed by atoms with Gasteiger partial charge in [-0.05, 0) is 43.9 Å². The largest absolute Gasteiger partial charge is 0.299 e. The molecule has 0 amide bonds. The third kappa shape index (κ3) is 4.78. The van der Waals surface area contributed by atoms with Crippen LogP contribution in [0.4, 0.5) is 0 Å². The quantitative estimate of drug-likeness (QED) is 0.784. The summed E-state index contributed by atoms with van der Waals surface area (Å²) in [5.41, 5.74) is 0. The first-order valence-corrected chi connectivity index (χ1v) is 10.2. The van der Waals surface area contributed by atoms with Gasteiger partial charge >= 0.3 is 0 Å². The van der Waals surface area contributed by atoms with Crippen molar-refractivity contribution < 1.29 is 13.2 Å². The van der Waals surface area contributed by atoms with Gasteiger partial charge in [0, 0.05) is 25.4 Å². The van der Waals surface area contributed by atoms with Gasteiger partial charge in [0.05, 0.1) is 6.26 Å². The van der Waals surface area contributed by atoms with Crippen LogP contribution in [0.25, 0.3) is 0 Å². The number of carbonyl (C=O) groups excluding carboxylic acids is 1. The lowest BCUT2D eigenvalue weighted by molar-refractivity contribution is -0.126. The Kier molecular flexibility index (Phi) is 5.83. The molecule has 0 bridgehead atoms. The molecule has 5 heteroatoms. The standard InChI is InChI=1S/C16H29NO3S/c1-3-5-13-7-8-16(18)15(10-13)11-14-6-4-9-17(12-14)21(2,19)20/h13-15H,3-12H2,1-2H3. The van der Waals surface area contributed by atoms with E-state index in [0.717, 1.165) is 38.5 Å². The molecular weight excluding hydrogens is 286 g/mol. The number of nitrogens with zero attached hydrogens (tertiary/aromatic N) is 1. The molecule has 3 unspecified atom stereocenters. The highest BCUT2D eigenvalue weighted by atomic mass is 32.2. The van der Waals surface area contributed by atoms with Gasteiger partial charge in [-0.3, -0.25) is 4.79 Å². The summed E-state index contributed by atoms with van der Waals surface area (Å²) in [6, 6.07) is 0. The molecule has 1 aliphatic heterocycles. The number of carbonyl (C=O) groups is 1. The Bertz CT molecular complexity index is 460. The summed E-state index contributed by atoms with van der Waals surface area (Å²) in [6.45, 7) is 3.46. The Labute approximate surface area is 129 Å². The summed E-state index contributed by atoms with van der Waals surface area (Å²) >= 11 is 0. The normalized spacial score (nSPS) is 32.3. The van der Waals surface area contributed by atoms with Crippen molar-refractivity contribution in [3.63, 3.8) is 0 Å². The van der Waals surface area contributed by atoms with E-state index in [1.165, 1.54) is 19.1 Å². The lowest BCUT2D eigenvalue weighted by Gasteiger charge is -2.35. The van der Waals surface area contributed by atoms with Crippen LogP contribution in [-0.2, 0) is 14.8 Å². The molecule has 2 aliphatic rings. The SMILES string of the molecule is CCCC1CCC(=O)C(CC2CCCN(S(C)(=O)=O)C2)C1. The van der Waals surface area contributed by atoms with Crippen LogP contribution in [0.5, 0.6) is 0 Å². The number of hydrogen-bond donors (Lipinski definition) is 0. The van der Waals surface area contributed by atoms with E-state index in [1.54, 1.807) is 4.31 Å². The van der Waals surface area contributed by atoms with E-state index in [9.17, 15) is 13.2 Å². The number of hydrogen-bond acceptors (Lipinski definition) is 3. The predicted molar refractivity (Wildman–Crippen MR) is 84.5 cm³/mol. The zero-order chi connectivity index (χ0) is 15.5. The molecule has 1 heterocycles. The third-order valence-electron chi connectivity index (χ3n) is 5.14. The number of Topliss-reactive ketones (excluding diaryl/α,β-unsaturated/α-hetero) is 1. The molecule has 2 fully saturated rings. The fourth-order valence-corrected chi connectivity index (χ4v) is 4.97. The molecule has 1 saturated heterocycles. The molecule has 1 saturated carbocycles. The topological polar surface area (TPSA) is 54.5 Å². The molecule has 0 radical (unpaired) electrons. The van der Waals surface area contributed by atoms with Gasteiger partial charge < -0.3 is 0 Å². The van der Waals surface area contributed by atoms with Crippen molar-refractivity contribution in [2.24, 2.45) is 17.8 Å². The summed E-state index contributed by atoms with van der Waals surface area (Å²) in [5.74, 6) is 1.66. The minimum absolute atomic E-state index is 0.180. The van der Waals surface area contributed by atoms with E-state index in [0.29, 0.717) is 30.7 Å². The zero-order valence-electron chi connectivity index (χ0n) is 13.4. The van der Waals surface area contributed by atoms with E-state index in [-0.39, 0.29) is 5.92 Å². The van der Waals surface area contributed by atoms with Crippen LogP contribution < -0.4 is 0 Å². The third-order valence-corrected chi connectivity index (χ3v) is 6.41. The molecule has 21 heavy (non-hydrogen) atoms. The van der Waals surface area contributed by atoms with Crippen molar-refractivity contribution in [1.29, 1.82) is 0 Å². The van der Waals surface area contributed by atoms with Crippen LogP contribution in [0.1, 0.15) is 58.3 Å². The van der Waals surface area contributed by atoms with Gasteiger partial charge in [0.25, 0.3) is 0 Å². The highest BCUT2D eigenvalue weighted by Gasteiger charge is 2.33.